The molecular formula is C17H23NO3. The number of likely N-dealkylation sites (N-methyl/N-ethyl adjacent to an activating group) is 1. The van der Waals surface area contributed by atoms with E-state index in [1.165, 1.54) is 11.1 Å². The fourth-order valence-corrected chi connectivity index (χ4v) is 4.31. The molecule has 1 aromatic carbocycles. The third-order valence-corrected chi connectivity index (χ3v) is 5.50. The molecule has 0 radical (unpaired) electrons. The van der Waals surface area contributed by atoms with Crippen molar-refractivity contribution in [2.45, 2.75) is 50.2 Å². The standard InChI is InChI=1S/C17H23NO3/c1-16(19)5-7-17(8-6-16)10-18(2)9-12-13(17)3-4-14-15(12)21-11-20-14/h3-4,19H,5-11H2,1-2H3/t16-,17+. The van der Waals surface area contributed by atoms with Crippen LogP contribution in [0.15, 0.2) is 12.1 Å². The van der Waals surface area contributed by atoms with Crippen molar-refractivity contribution in [3.05, 3.63) is 23.3 Å². The van der Waals surface area contributed by atoms with Gasteiger partial charge in [-0.1, -0.05) is 6.07 Å². The number of aliphatic hydroxyl groups is 1. The second-order valence-corrected chi connectivity index (χ2v) is 7.28. The van der Waals surface area contributed by atoms with Crippen molar-refractivity contribution in [3.63, 3.8) is 0 Å². The molecule has 2 heterocycles. The van der Waals surface area contributed by atoms with E-state index in [1.54, 1.807) is 0 Å². The summed E-state index contributed by atoms with van der Waals surface area (Å²) in [6.07, 6.45) is 3.82. The summed E-state index contributed by atoms with van der Waals surface area (Å²) in [4.78, 5) is 2.38. The van der Waals surface area contributed by atoms with E-state index in [1.807, 2.05) is 6.92 Å². The lowest BCUT2D eigenvalue weighted by Gasteiger charge is -2.48. The Morgan fingerprint density at radius 2 is 1.90 bits per heavy atom. The molecule has 0 unspecified atom stereocenters. The van der Waals surface area contributed by atoms with Gasteiger partial charge < -0.3 is 19.5 Å². The third-order valence-electron chi connectivity index (χ3n) is 5.50. The predicted molar refractivity (Wildman–Crippen MR) is 79.7 cm³/mol. The number of nitrogens with zero attached hydrogens (tertiary/aromatic N) is 1. The normalized spacial score (nSPS) is 35.0. The zero-order valence-electron chi connectivity index (χ0n) is 12.8. The molecule has 0 bridgehead atoms. The largest absolute Gasteiger partial charge is 0.454 e. The first kappa shape index (κ1) is 13.4. The Morgan fingerprint density at radius 1 is 1.14 bits per heavy atom. The summed E-state index contributed by atoms with van der Waals surface area (Å²) < 4.78 is 11.2. The molecule has 1 saturated carbocycles. The lowest BCUT2D eigenvalue weighted by atomic mass is 9.63. The lowest BCUT2D eigenvalue weighted by molar-refractivity contribution is -0.00886. The Balaban J connectivity index is 1.79. The molecule has 1 aromatic rings. The molecule has 2 aliphatic heterocycles. The number of hydrogen-bond donors (Lipinski definition) is 1. The Morgan fingerprint density at radius 3 is 2.67 bits per heavy atom. The van der Waals surface area contributed by atoms with Crippen LogP contribution in [0.5, 0.6) is 11.5 Å². The molecule has 4 rings (SSSR count). The second-order valence-electron chi connectivity index (χ2n) is 7.28. The predicted octanol–water partition coefficient (Wildman–Crippen LogP) is 2.42. The highest BCUT2D eigenvalue weighted by Crippen LogP contribution is 2.51. The molecular weight excluding hydrogens is 266 g/mol. The first-order valence-electron chi connectivity index (χ1n) is 7.82. The van der Waals surface area contributed by atoms with Gasteiger partial charge in [-0.25, -0.2) is 0 Å². The average Bonchev–Trinajstić information content (AvgIpc) is 2.91. The molecule has 4 nitrogen and oxygen atoms in total. The highest BCUT2D eigenvalue weighted by Gasteiger charge is 2.45. The number of hydrogen-bond acceptors (Lipinski definition) is 4. The maximum Gasteiger partial charge on any atom is 0.231 e. The zero-order chi connectivity index (χ0) is 14.7. The first-order valence-corrected chi connectivity index (χ1v) is 7.82. The van der Waals surface area contributed by atoms with E-state index in [0.29, 0.717) is 6.79 Å². The highest BCUT2D eigenvalue weighted by molar-refractivity contribution is 5.55. The number of fused-ring (bicyclic) bond motifs is 4. The Bertz CT molecular complexity index is 572. The van der Waals surface area contributed by atoms with Crippen LogP contribution >= 0.6 is 0 Å². The van der Waals surface area contributed by atoms with Crippen LogP contribution in [0, 0.1) is 0 Å². The van der Waals surface area contributed by atoms with E-state index in [2.05, 4.69) is 24.1 Å². The Hall–Kier alpha value is -1.26. The van der Waals surface area contributed by atoms with E-state index >= 15 is 0 Å². The van der Waals surface area contributed by atoms with E-state index in [4.69, 9.17) is 9.47 Å². The molecule has 4 heteroatoms. The van der Waals surface area contributed by atoms with Gasteiger partial charge in [0.2, 0.25) is 6.79 Å². The second kappa shape index (κ2) is 4.37. The molecule has 1 spiro atoms. The molecule has 1 aliphatic carbocycles. The van der Waals surface area contributed by atoms with Gasteiger partial charge >= 0.3 is 0 Å². The molecule has 0 atom stereocenters. The molecule has 0 saturated heterocycles. The van der Waals surface area contributed by atoms with Crippen LogP contribution in [-0.4, -0.2) is 36.0 Å². The fraction of sp³-hybridized carbons (Fsp3) is 0.647. The maximum absolute atomic E-state index is 10.3. The maximum atomic E-state index is 10.3. The van der Waals surface area contributed by atoms with E-state index in [0.717, 1.165) is 50.3 Å². The number of rotatable bonds is 0. The smallest absolute Gasteiger partial charge is 0.231 e. The van der Waals surface area contributed by atoms with E-state index in [9.17, 15) is 5.11 Å². The summed E-state index contributed by atoms with van der Waals surface area (Å²) >= 11 is 0. The van der Waals surface area contributed by atoms with Gasteiger partial charge in [-0.05, 0) is 51.3 Å². The van der Waals surface area contributed by atoms with Crippen LogP contribution in [0.4, 0.5) is 0 Å². The summed E-state index contributed by atoms with van der Waals surface area (Å²) in [5, 5.41) is 10.3. The van der Waals surface area contributed by atoms with Crippen LogP contribution in [0.3, 0.4) is 0 Å². The summed E-state index contributed by atoms with van der Waals surface area (Å²) in [7, 11) is 2.17. The minimum atomic E-state index is -0.502. The first-order chi connectivity index (χ1) is 9.99. The zero-order valence-corrected chi connectivity index (χ0v) is 12.8. The van der Waals surface area contributed by atoms with E-state index in [-0.39, 0.29) is 5.41 Å². The van der Waals surface area contributed by atoms with Gasteiger partial charge in [0.15, 0.2) is 11.5 Å². The monoisotopic (exact) mass is 289 g/mol. The van der Waals surface area contributed by atoms with Gasteiger partial charge in [0.1, 0.15) is 0 Å². The topological polar surface area (TPSA) is 41.9 Å². The van der Waals surface area contributed by atoms with Crippen LogP contribution in [0.25, 0.3) is 0 Å². The number of benzene rings is 1. The summed E-state index contributed by atoms with van der Waals surface area (Å²) in [5.41, 5.74) is 2.37. The fourth-order valence-electron chi connectivity index (χ4n) is 4.31. The summed E-state index contributed by atoms with van der Waals surface area (Å²) in [5.74, 6) is 1.82. The third kappa shape index (κ3) is 2.04. The quantitative estimate of drug-likeness (QED) is 0.796. The van der Waals surface area contributed by atoms with Crippen LogP contribution in [-0.2, 0) is 12.0 Å². The molecule has 3 aliphatic rings. The van der Waals surface area contributed by atoms with Crippen molar-refractivity contribution in [3.8, 4) is 11.5 Å². The lowest BCUT2D eigenvalue weighted by Crippen LogP contribution is -2.49. The van der Waals surface area contributed by atoms with Gasteiger partial charge in [0.25, 0.3) is 0 Å². The summed E-state index contributed by atoms with van der Waals surface area (Å²) in [6.45, 7) is 4.28. The molecule has 0 aromatic heterocycles. The Labute approximate surface area is 125 Å². The number of ether oxygens (including phenoxy) is 2. The van der Waals surface area contributed by atoms with Crippen molar-refractivity contribution < 1.29 is 14.6 Å². The van der Waals surface area contributed by atoms with Gasteiger partial charge in [-0.15, -0.1) is 0 Å². The van der Waals surface area contributed by atoms with Crippen molar-refractivity contribution in [1.29, 1.82) is 0 Å². The minimum Gasteiger partial charge on any atom is -0.454 e. The van der Waals surface area contributed by atoms with Crippen molar-refractivity contribution in [2.75, 3.05) is 20.4 Å². The van der Waals surface area contributed by atoms with Crippen molar-refractivity contribution >= 4 is 0 Å². The minimum absolute atomic E-state index is 0.158. The van der Waals surface area contributed by atoms with Crippen molar-refractivity contribution in [2.24, 2.45) is 0 Å². The van der Waals surface area contributed by atoms with Gasteiger partial charge in [-0.2, -0.15) is 0 Å². The van der Waals surface area contributed by atoms with Crippen LogP contribution < -0.4 is 9.47 Å². The molecule has 0 amide bonds. The molecule has 1 fully saturated rings. The SMILES string of the molecule is CN1Cc2c3c(ccc2[C@]2(CC[C@@](C)(O)CC2)C1)OCO3. The molecule has 114 valence electrons. The van der Waals surface area contributed by atoms with Crippen molar-refractivity contribution in [1.82, 2.24) is 4.90 Å². The van der Waals surface area contributed by atoms with Gasteiger partial charge in [-0.3, -0.25) is 0 Å². The average molecular weight is 289 g/mol. The molecule has 1 N–H and O–H groups in total. The Kier molecular flexibility index (Phi) is 2.79. The highest BCUT2D eigenvalue weighted by atomic mass is 16.7. The van der Waals surface area contributed by atoms with Crippen LogP contribution in [0.2, 0.25) is 0 Å². The van der Waals surface area contributed by atoms with Gasteiger partial charge in [0.05, 0.1) is 5.60 Å². The summed E-state index contributed by atoms with van der Waals surface area (Å²) in [6, 6.07) is 4.29. The molecule has 21 heavy (non-hydrogen) atoms. The van der Waals surface area contributed by atoms with Crippen LogP contribution in [0.1, 0.15) is 43.7 Å². The van der Waals surface area contributed by atoms with E-state index < -0.39 is 5.60 Å². The van der Waals surface area contributed by atoms with Gasteiger partial charge in [0, 0.05) is 24.1 Å².